The fraction of sp³-hybridized carbons (Fsp3) is 0.179. The van der Waals surface area contributed by atoms with Gasteiger partial charge in [-0.15, -0.1) is 0 Å². The molecule has 4 heterocycles. The number of aryl methyl sites for hydroxylation is 1. The number of hydrogen-bond acceptors (Lipinski definition) is 6. The molecule has 0 unspecified atom stereocenters. The van der Waals surface area contributed by atoms with Crippen molar-refractivity contribution in [3.8, 4) is 22.5 Å². The molecule has 0 fully saturated rings. The van der Waals surface area contributed by atoms with Gasteiger partial charge in [-0.25, -0.2) is 24.3 Å². The molecule has 0 bridgehead atoms. The van der Waals surface area contributed by atoms with Crippen LogP contribution in [0, 0.1) is 5.82 Å². The normalized spacial score (nSPS) is 11.6. The molecular formula is C28H25FN8. The third-order valence-electron chi connectivity index (χ3n) is 6.51. The molecule has 2 aromatic carbocycles. The maximum absolute atomic E-state index is 15.3. The first-order valence-corrected chi connectivity index (χ1v) is 12.1. The fourth-order valence-electron chi connectivity index (χ4n) is 4.44. The van der Waals surface area contributed by atoms with Crippen molar-refractivity contribution >= 4 is 27.9 Å². The predicted molar refractivity (Wildman–Crippen MR) is 142 cm³/mol. The maximum Gasteiger partial charge on any atom is 0.178 e. The number of pyridine rings is 1. The van der Waals surface area contributed by atoms with Crippen molar-refractivity contribution in [2.75, 3.05) is 5.32 Å². The molecule has 0 amide bonds. The van der Waals surface area contributed by atoms with E-state index in [0.29, 0.717) is 35.3 Å². The van der Waals surface area contributed by atoms with Gasteiger partial charge in [0.2, 0.25) is 0 Å². The molecule has 4 aromatic heterocycles. The number of halogens is 1. The standard InChI is InChI=1S/C28H25FN8/c1-16(2)17-6-7-24-22(10-17)27(33-15-32-24)31-12-19-5-4-18(11-23(19)29)21-8-9-30-28-25(21)35-26(36-28)20-13-34-37(3)14-20/h4-11,13-16H,12H2,1-3H3,(H,30,35,36)(H,31,32,33). The second kappa shape index (κ2) is 9.09. The minimum absolute atomic E-state index is 0.297. The number of aromatic amines is 1. The Balaban J connectivity index is 1.28. The van der Waals surface area contributed by atoms with E-state index in [1.807, 2.05) is 31.4 Å². The molecule has 8 nitrogen and oxygen atoms in total. The summed E-state index contributed by atoms with van der Waals surface area (Å²) < 4.78 is 17.0. The highest BCUT2D eigenvalue weighted by atomic mass is 19.1. The number of rotatable bonds is 6. The van der Waals surface area contributed by atoms with Crippen LogP contribution in [0.4, 0.5) is 10.2 Å². The van der Waals surface area contributed by atoms with Crippen LogP contribution in [0.15, 0.2) is 67.4 Å². The van der Waals surface area contributed by atoms with Crippen LogP contribution in [-0.4, -0.2) is 34.7 Å². The lowest BCUT2D eigenvalue weighted by Gasteiger charge is -2.12. The minimum atomic E-state index is -0.303. The van der Waals surface area contributed by atoms with Crippen molar-refractivity contribution in [2.45, 2.75) is 26.3 Å². The highest BCUT2D eigenvalue weighted by Gasteiger charge is 2.14. The summed E-state index contributed by atoms with van der Waals surface area (Å²) >= 11 is 0. The van der Waals surface area contributed by atoms with Crippen molar-refractivity contribution in [1.82, 2.24) is 34.7 Å². The molecule has 0 saturated carbocycles. The van der Waals surface area contributed by atoms with Gasteiger partial charge in [0.25, 0.3) is 0 Å². The molecule has 6 aromatic rings. The van der Waals surface area contributed by atoms with Crippen molar-refractivity contribution in [1.29, 1.82) is 0 Å². The van der Waals surface area contributed by atoms with Gasteiger partial charge in [0, 0.05) is 42.5 Å². The molecule has 2 N–H and O–H groups in total. The Labute approximate surface area is 212 Å². The summed E-state index contributed by atoms with van der Waals surface area (Å²) in [5, 5.41) is 8.43. The zero-order chi connectivity index (χ0) is 25.5. The monoisotopic (exact) mass is 492 g/mol. The van der Waals surface area contributed by atoms with Gasteiger partial charge in [-0.3, -0.25) is 4.68 Å². The van der Waals surface area contributed by atoms with Crippen molar-refractivity contribution in [3.63, 3.8) is 0 Å². The SMILES string of the molecule is CC(C)c1ccc2ncnc(NCc3ccc(-c4ccnc5nc(-c6cnn(C)c6)[nH]c45)cc3F)c2c1. The van der Waals surface area contributed by atoms with Crippen LogP contribution in [0.2, 0.25) is 0 Å². The Morgan fingerprint density at radius 3 is 2.70 bits per heavy atom. The number of fused-ring (bicyclic) bond motifs is 2. The van der Waals surface area contributed by atoms with E-state index in [-0.39, 0.29) is 5.82 Å². The van der Waals surface area contributed by atoms with Crippen LogP contribution >= 0.6 is 0 Å². The second-order valence-electron chi connectivity index (χ2n) is 9.36. The molecule has 0 saturated heterocycles. The number of benzene rings is 2. The number of nitrogens with one attached hydrogen (secondary N) is 2. The number of anilines is 1. The summed E-state index contributed by atoms with van der Waals surface area (Å²) in [6.07, 6.45) is 6.83. The van der Waals surface area contributed by atoms with Crippen molar-refractivity contribution in [3.05, 3.63) is 84.3 Å². The lowest BCUT2D eigenvalue weighted by Crippen LogP contribution is -2.05. The third-order valence-corrected chi connectivity index (χ3v) is 6.51. The van der Waals surface area contributed by atoms with Crippen LogP contribution in [-0.2, 0) is 13.6 Å². The smallest absolute Gasteiger partial charge is 0.178 e. The molecule has 0 aliphatic rings. The summed E-state index contributed by atoms with van der Waals surface area (Å²) in [4.78, 5) is 21.1. The molecule has 0 radical (unpaired) electrons. The summed E-state index contributed by atoms with van der Waals surface area (Å²) in [6.45, 7) is 4.59. The Hall–Kier alpha value is -4.66. The van der Waals surface area contributed by atoms with Crippen LogP contribution in [0.1, 0.15) is 30.9 Å². The molecule has 9 heteroatoms. The number of imidazole rings is 1. The van der Waals surface area contributed by atoms with Crippen molar-refractivity contribution < 1.29 is 4.39 Å². The van der Waals surface area contributed by atoms with Gasteiger partial charge < -0.3 is 10.3 Å². The van der Waals surface area contributed by atoms with Gasteiger partial charge in [-0.2, -0.15) is 5.10 Å². The lowest BCUT2D eigenvalue weighted by atomic mass is 10.0. The third kappa shape index (κ3) is 4.29. The van der Waals surface area contributed by atoms with Crippen LogP contribution in [0.5, 0.6) is 0 Å². The molecule has 0 spiro atoms. The average Bonchev–Trinajstić information content (AvgIpc) is 3.53. The molecular weight excluding hydrogens is 467 g/mol. The molecule has 184 valence electrons. The van der Waals surface area contributed by atoms with E-state index in [0.717, 1.165) is 33.1 Å². The van der Waals surface area contributed by atoms with Gasteiger partial charge in [0.05, 0.1) is 22.8 Å². The number of nitrogens with zero attached hydrogens (tertiary/aromatic N) is 6. The first kappa shape index (κ1) is 22.8. The second-order valence-corrected chi connectivity index (χ2v) is 9.36. The topological polar surface area (TPSA) is 97.2 Å². The van der Waals surface area contributed by atoms with Crippen molar-refractivity contribution in [2.24, 2.45) is 7.05 Å². The number of hydrogen-bond donors (Lipinski definition) is 2. The summed E-state index contributed by atoms with van der Waals surface area (Å²) in [7, 11) is 1.85. The van der Waals surface area contributed by atoms with Gasteiger partial charge in [0.1, 0.15) is 23.8 Å². The van der Waals surface area contributed by atoms with Gasteiger partial charge in [-0.1, -0.05) is 32.0 Å². The number of H-pyrrole nitrogens is 1. The van der Waals surface area contributed by atoms with Crippen LogP contribution < -0.4 is 5.32 Å². The van der Waals surface area contributed by atoms with E-state index in [2.05, 4.69) is 61.3 Å². The molecule has 6 rings (SSSR count). The number of aromatic nitrogens is 7. The Morgan fingerprint density at radius 1 is 1.03 bits per heavy atom. The summed E-state index contributed by atoms with van der Waals surface area (Å²) in [5.74, 6) is 1.44. The molecule has 37 heavy (non-hydrogen) atoms. The molecule has 0 aliphatic heterocycles. The average molecular weight is 493 g/mol. The van der Waals surface area contributed by atoms with E-state index in [1.54, 1.807) is 29.2 Å². The first-order valence-electron chi connectivity index (χ1n) is 12.1. The zero-order valence-electron chi connectivity index (χ0n) is 20.7. The minimum Gasteiger partial charge on any atom is -0.365 e. The lowest BCUT2D eigenvalue weighted by molar-refractivity contribution is 0.613. The Morgan fingerprint density at radius 2 is 1.92 bits per heavy atom. The van der Waals surface area contributed by atoms with Gasteiger partial charge in [-0.05, 0) is 41.3 Å². The van der Waals surface area contributed by atoms with Gasteiger partial charge >= 0.3 is 0 Å². The maximum atomic E-state index is 15.3. The quantitative estimate of drug-likeness (QED) is 0.303. The first-order chi connectivity index (χ1) is 18.0. The van der Waals surface area contributed by atoms with E-state index >= 15 is 4.39 Å². The Bertz CT molecular complexity index is 1750. The molecule has 0 atom stereocenters. The van der Waals surface area contributed by atoms with E-state index in [9.17, 15) is 0 Å². The Kier molecular flexibility index (Phi) is 5.60. The largest absolute Gasteiger partial charge is 0.365 e. The highest BCUT2D eigenvalue weighted by molar-refractivity contribution is 5.91. The van der Waals surface area contributed by atoms with Crippen LogP contribution in [0.25, 0.3) is 44.6 Å². The zero-order valence-corrected chi connectivity index (χ0v) is 20.7. The van der Waals surface area contributed by atoms with Crippen LogP contribution in [0.3, 0.4) is 0 Å². The summed E-state index contributed by atoms with van der Waals surface area (Å²) in [6, 6.07) is 13.3. The van der Waals surface area contributed by atoms with Gasteiger partial charge in [0.15, 0.2) is 5.65 Å². The van der Waals surface area contributed by atoms with E-state index < -0.39 is 0 Å². The highest BCUT2D eigenvalue weighted by Crippen LogP contribution is 2.30. The van der Waals surface area contributed by atoms with E-state index in [4.69, 9.17) is 0 Å². The molecule has 0 aliphatic carbocycles. The predicted octanol–water partition coefficient (Wildman–Crippen LogP) is 5.84. The van der Waals surface area contributed by atoms with E-state index in [1.165, 1.54) is 11.9 Å². The fourth-order valence-corrected chi connectivity index (χ4v) is 4.44. The summed E-state index contributed by atoms with van der Waals surface area (Å²) in [5.41, 5.74) is 6.34.